The summed E-state index contributed by atoms with van der Waals surface area (Å²) >= 11 is 0. The summed E-state index contributed by atoms with van der Waals surface area (Å²) < 4.78 is 5.20. The molecule has 0 aliphatic carbocycles. The van der Waals surface area contributed by atoms with E-state index in [1.54, 1.807) is 0 Å². The first-order valence-corrected chi connectivity index (χ1v) is 6.32. The van der Waals surface area contributed by atoms with Crippen molar-refractivity contribution in [1.29, 1.82) is 0 Å². The van der Waals surface area contributed by atoms with Crippen molar-refractivity contribution in [2.24, 2.45) is 5.92 Å². The molecule has 0 aromatic heterocycles. The van der Waals surface area contributed by atoms with Crippen LogP contribution in [0.15, 0.2) is 0 Å². The van der Waals surface area contributed by atoms with Gasteiger partial charge in [0.2, 0.25) is 5.91 Å². The Labute approximate surface area is 110 Å². The summed E-state index contributed by atoms with van der Waals surface area (Å²) in [7, 11) is 0. The molecule has 0 radical (unpaired) electrons. The van der Waals surface area contributed by atoms with Crippen molar-refractivity contribution in [3.05, 3.63) is 0 Å². The lowest BCUT2D eigenvalue weighted by Crippen LogP contribution is -2.50. The van der Waals surface area contributed by atoms with Gasteiger partial charge in [0.05, 0.1) is 0 Å². The molecule has 4 nitrogen and oxygen atoms in total. The number of rotatable bonds is 6. The first kappa shape index (κ1) is 16.7. The maximum atomic E-state index is 11.6. The molecular weight excluding hydrogens is 240 g/mol. The average Bonchev–Trinajstić information content (AvgIpc) is 2.28. The molecule has 0 aromatic rings. The molecular formula is C12H25ClN2O2. The lowest BCUT2D eigenvalue weighted by Gasteiger charge is -2.30. The van der Waals surface area contributed by atoms with E-state index in [9.17, 15) is 4.79 Å². The fourth-order valence-corrected chi connectivity index (χ4v) is 1.94. The Kier molecular flexibility index (Phi) is 9.50. The Morgan fingerprint density at radius 3 is 2.94 bits per heavy atom. The maximum Gasteiger partial charge on any atom is 0.220 e. The van der Waals surface area contributed by atoms with Gasteiger partial charge in [0.25, 0.3) is 0 Å². The van der Waals surface area contributed by atoms with Gasteiger partial charge >= 0.3 is 0 Å². The van der Waals surface area contributed by atoms with Gasteiger partial charge < -0.3 is 15.4 Å². The third-order valence-electron chi connectivity index (χ3n) is 3.07. The van der Waals surface area contributed by atoms with E-state index in [1.165, 1.54) is 0 Å². The van der Waals surface area contributed by atoms with Gasteiger partial charge in [0.15, 0.2) is 0 Å². The largest absolute Gasteiger partial charge is 0.382 e. The van der Waals surface area contributed by atoms with E-state index in [2.05, 4.69) is 17.6 Å². The summed E-state index contributed by atoms with van der Waals surface area (Å²) in [5, 5.41) is 6.40. The van der Waals surface area contributed by atoms with Gasteiger partial charge in [-0.1, -0.05) is 6.92 Å². The number of hydrogen-bond donors (Lipinski definition) is 2. The van der Waals surface area contributed by atoms with Crippen LogP contribution in [0.1, 0.15) is 33.1 Å². The van der Waals surface area contributed by atoms with Crippen molar-refractivity contribution in [3.63, 3.8) is 0 Å². The third kappa shape index (κ3) is 6.86. The zero-order valence-corrected chi connectivity index (χ0v) is 11.6. The summed E-state index contributed by atoms with van der Waals surface area (Å²) in [5.41, 5.74) is 0. The van der Waals surface area contributed by atoms with Crippen LogP contribution in [-0.2, 0) is 9.53 Å². The number of hydrogen-bond acceptors (Lipinski definition) is 3. The Morgan fingerprint density at radius 2 is 2.29 bits per heavy atom. The van der Waals surface area contributed by atoms with Crippen LogP contribution in [0.5, 0.6) is 0 Å². The van der Waals surface area contributed by atoms with Crippen LogP contribution < -0.4 is 10.6 Å². The molecule has 0 aromatic carbocycles. The van der Waals surface area contributed by atoms with Crippen molar-refractivity contribution in [3.8, 4) is 0 Å². The zero-order chi connectivity index (χ0) is 11.8. The highest BCUT2D eigenvalue weighted by Crippen LogP contribution is 2.11. The summed E-state index contributed by atoms with van der Waals surface area (Å²) in [6.45, 7) is 7.55. The zero-order valence-electron chi connectivity index (χ0n) is 10.8. The number of carbonyl (C=O) groups is 1. The molecule has 1 fully saturated rings. The van der Waals surface area contributed by atoms with E-state index in [-0.39, 0.29) is 18.3 Å². The van der Waals surface area contributed by atoms with Crippen molar-refractivity contribution in [2.75, 3.05) is 26.3 Å². The minimum atomic E-state index is 0. The molecule has 1 aliphatic heterocycles. The smallest absolute Gasteiger partial charge is 0.220 e. The Bertz CT molecular complexity index is 215. The van der Waals surface area contributed by atoms with Gasteiger partial charge in [0.1, 0.15) is 0 Å². The van der Waals surface area contributed by atoms with Gasteiger partial charge in [0, 0.05) is 32.2 Å². The highest BCUT2D eigenvalue weighted by Gasteiger charge is 2.22. The quantitative estimate of drug-likeness (QED) is 0.712. The number of halogens is 1. The van der Waals surface area contributed by atoms with Crippen LogP contribution in [0.4, 0.5) is 0 Å². The summed E-state index contributed by atoms with van der Waals surface area (Å²) in [5.74, 6) is 0.734. The molecule has 1 saturated heterocycles. The molecule has 17 heavy (non-hydrogen) atoms. The van der Waals surface area contributed by atoms with E-state index in [1.807, 2.05) is 6.92 Å². The van der Waals surface area contributed by atoms with Crippen molar-refractivity contribution in [2.45, 2.75) is 39.2 Å². The van der Waals surface area contributed by atoms with E-state index in [4.69, 9.17) is 4.74 Å². The van der Waals surface area contributed by atoms with E-state index in [0.717, 1.165) is 32.5 Å². The Balaban J connectivity index is 0.00000256. The lowest BCUT2D eigenvalue weighted by atomic mass is 9.95. The predicted octanol–water partition coefficient (Wildman–Crippen LogP) is 1.34. The van der Waals surface area contributed by atoms with Crippen LogP contribution in [0, 0.1) is 5.92 Å². The number of piperidine rings is 1. The van der Waals surface area contributed by atoms with Crippen LogP contribution in [0.3, 0.4) is 0 Å². The van der Waals surface area contributed by atoms with Gasteiger partial charge in [-0.3, -0.25) is 4.79 Å². The summed E-state index contributed by atoms with van der Waals surface area (Å²) in [6.07, 6.45) is 2.53. The summed E-state index contributed by atoms with van der Waals surface area (Å²) in [6, 6.07) is 0.299. The standard InChI is InChI=1S/C12H24N2O2.ClH/c1-3-16-8-4-5-12(15)14-11-9-13-7-6-10(11)2;/h10-11,13H,3-9H2,1-2H3,(H,14,15);1H. The normalized spacial score (nSPS) is 23.9. The lowest BCUT2D eigenvalue weighted by molar-refractivity contribution is -0.122. The second kappa shape index (κ2) is 9.68. The molecule has 5 heteroatoms. The minimum absolute atomic E-state index is 0. The average molecular weight is 265 g/mol. The monoisotopic (exact) mass is 264 g/mol. The van der Waals surface area contributed by atoms with E-state index in [0.29, 0.717) is 25.0 Å². The second-order valence-electron chi connectivity index (χ2n) is 4.44. The van der Waals surface area contributed by atoms with Crippen LogP contribution >= 0.6 is 12.4 Å². The van der Waals surface area contributed by atoms with Gasteiger partial charge in [-0.2, -0.15) is 0 Å². The number of ether oxygens (including phenoxy) is 1. The summed E-state index contributed by atoms with van der Waals surface area (Å²) in [4.78, 5) is 11.6. The molecule has 1 aliphatic rings. The number of nitrogens with one attached hydrogen (secondary N) is 2. The Morgan fingerprint density at radius 1 is 1.53 bits per heavy atom. The van der Waals surface area contributed by atoms with Crippen molar-refractivity contribution >= 4 is 18.3 Å². The van der Waals surface area contributed by atoms with Crippen molar-refractivity contribution in [1.82, 2.24) is 10.6 Å². The van der Waals surface area contributed by atoms with Crippen LogP contribution in [0.2, 0.25) is 0 Å². The molecule has 1 amide bonds. The highest BCUT2D eigenvalue weighted by molar-refractivity contribution is 5.85. The fourth-order valence-electron chi connectivity index (χ4n) is 1.94. The van der Waals surface area contributed by atoms with E-state index < -0.39 is 0 Å². The first-order chi connectivity index (χ1) is 7.74. The first-order valence-electron chi connectivity index (χ1n) is 6.32. The molecule has 1 heterocycles. The topological polar surface area (TPSA) is 50.4 Å². The van der Waals surface area contributed by atoms with Gasteiger partial charge in [-0.25, -0.2) is 0 Å². The minimum Gasteiger partial charge on any atom is -0.382 e. The molecule has 1 rings (SSSR count). The predicted molar refractivity (Wildman–Crippen MR) is 71.6 cm³/mol. The molecule has 0 bridgehead atoms. The Hall–Kier alpha value is -0.320. The molecule has 2 N–H and O–H groups in total. The molecule has 2 unspecified atom stereocenters. The molecule has 0 saturated carbocycles. The van der Waals surface area contributed by atoms with Crippen LogP contribution in [-0.4, -0.2) is 38.3 Å². The van der Waals surface area contributed by atoms with Gasteiger partial charge in [-0.15, -0.1) is 12.4 Å². The maximum absolute atomic E-state index is 11.6. The third-order valence-corrected chi connectivity index (χ3v) is 3.07. The number of carbonyl (C=O) groups excluding carboxylic acids is 1. The molecule has 2 atom stereocenters. The SMILES string of the molecule is CCOCCCC(=O)NC1CNCCC1C.Cl. The second-order valence-corrected chi connectivity index (χ2v) is 4.44. The number of amides is 1. The highest BCUT2D eigenvalue weighted by atomic mass is 35.5. The van der Waals surface area contributed by atoms with E-state index >= 15 is 0 Å². The van der Waals surface area contributed by atoms with Gasteiger partial charge in [-0.05, 0) is 32.2 Å². The molecule has 0 spiro atoms. The molecule has 102 valence electrons. The van der Waals surface area contributed by atoms with Crippen molar-refractivity contribution < 1.29 is 9.53 Å². The fraction of sp³-hybridized carbons (Fsp3) is 0.917. The van der Waals surface area contributed by atoms with Crippen LogP contribution in [0.25, 0.3) is 0 Å².